The number of nitrogens with two attached hydrogens (primary N) is 1. The minimum atomic E-state index is -1.11. The van der Waals surface area contributed by atoms with Crippen molar-refractivity contribution in [2.24, 2.45) is 5.73 Å². The molecule has 0 aliphatic heterocycles. The van der Waals surface area contributed by atoms with E-state index in [0.717, 1.165) is 12.1 Å². The van der Waals surface area contributed by atoms with Crippen LogP contribution in [0.2, 0.25) is 0 Å². The summed E-state index contributed by atoms with van der Waals surface area (Å²) in [5.41, 5.74) is 5.37. The average molecular weight is 230 g/mol. The number of halogens is 2. The van der Waals surface area contributed by atoms with Crippen LogP contribution in [0.4, 0.5) is 14.5 Å². The first-order valence-electron chi connectivity index (χ1n) is 4.68. The maximum Gasteiger partial charge on any atom is 0.320 e. The summed E-state index contributed by atoms with van der Waals surface area (Å²) in [6, 6.07) is 2.12. The number of benzene rings is 1. The van der Waals surface area contributed by atoms with Gasteiger partial charge in [0.15, 0.2) is 0 Å². The van der Waals surface area contributed by atoms with Crippen molar-refractivity contribution in [1.82, 2.24) is 0 Å². The van der Waals surface area contributed by atoms with E-state index in [2.05, 4.69) is 5.32 Å². The van der Waals surface area contributed by atoms with Crippen molar-refractivity contribution in [2.45, 2.75) is 12.5 Å². The molecule has 4 N–H and O–H groups in total. The summed E-state index contributed by atoms with van der Waals surface area (Å²) in [5, 5.41) is 11.1. The zero-order valence-electron chi connectivity index (χ0n) is 8.41. The van der Waals surface area contributed by atoms with Crippen LogP contribution in [0.1, 0.15) is 6.42 Å². The molecule has 1 unspecified atom stereocenters. The second-order valence-electron chi connectivity index (χ2n) is 3.28. The van der Waals surface area contributed by atoms with Gasteiger partial charge in [0.1, 0.15) is 17.7 Å². The van der Waals surface area contributed by atoms with E-state index in [4.69, 9.17) is 10.8 Å². The van der Waals surface area contributed by atoms with Crippen molar-refractivity contribution in [2.75, 3.05) is 11.9 Å². The standard InChI is InChI=1S/C10H12F2N2O2/c11-6-1-2-9(7(12)5-6)14-4-3-8(13)10(15)16/h1-2,5,8,14H,3-4,13H2,(H,15,16). The van der Waals surface area contributed by atoms with Crippen molar-refractivity contribution in [1.29, 1.82) is 0 Å². The third kappa shape index (κ3) is 3.47. The predicted molar refractivity (Wildman–Crippen MR) is 55.1 cm³/mol. The lowest BCUT2D eigenvalue weighted by Gasteiger charge is -2.09. The van der Waals surface area contributed by atoms with Gasteiger partial charge in [-0.25, -0.2) is 8.78 Å². The van der Waals surface area contributed by atoms with Crippen LogP contribution < -0.4 is 11.1 Å². The molecule has 0 bridgehead atoms. The smallest absolute Gasteiger partial charge is 0.320 e. The number of aliphatic carboxylic acids is 1. The van der Waals surface area contributed by atoms with Crippen LogP contribution in [-0.4, -0.2) is 23.7 Å². The number of hydrogen-bond donors (Lipinski definition) is 3. The molecule has 0 saturated heterocycles. The lowest BCUT2D eigenvalue weighted by molar-refractivity contribution is -0.138. The van der Waals surface area contributed by atoms with Gasteiger partial charge in [0.25, 0.3) is 0 Å². The van der Waals surface area contributed by atoms with E-state index in [1.165, 1.54) is 6.07 Å². The zero-order chi connectivity index (χ0) is 12.1. The Morgan fingerprint density at radius 2 is 2.19 bits per heavy atom. The quantitative estimate of drug-likeness (QED) is 0.710. The van der Waals surface area contributed by atoms with E-state index < -0.39 is 23.6 Å². The van der Waals surface area contributed by atoms with Gasteiger partial charge in [-0.3, -0.25) is 4.79 Å². The molecule has 88 valence electrons. The largest absolute Gasteiger partial charge is 0.480 e. The average Bonchev–Trinajstić information content (AvgIpc) is 2.20. The molecule has 4 nitrogen and oxygen atoms in total. The summed E-state index contributed by atoms with van der Waals surface area (Å²) in [6.07, 6.45) is 0.159. The molecule has 0 aliphatic rings. The Balaban J connectivity index is 2.46. The minimum Gasteiger partial charge on any atom is -0.480 e. The van der Waals surface area contributed by atoms with Crippen molar-refractivity contribution in [3.8, 4) is 0 Å². The fraction of sp³-hybridized carbons (Fsp3) is 0.300. The number of nitrogens with one attached hydrogen (secondary N) is 1. The monoisotopic (exact) mass is 230 g/mol. The Morgan fingerprint density at radius 3 is 2.75 bits per heavy atom. The second kappa shape index (κ2) is 5.41. The molecule has 0 aromatic heterocycles. The molecular weight excluding hydrogens is 218 g/mol. The van der Waals surface area contributed by atoms with E-state index in [0.29, 0.717) is 0 Å². The van der Waals surface area contributed by atoms with Crippen LogP contribution in [0.3, 0.4) is 0 Å². The van der Waals surface area contributed by atoms with E-state index >= 15 is 0 Å². The van der Waals surface area contributed by atoms with Crippen LogP contribution in [-0.2, 0) is 4.79 Å². The van der Waals surface area contributed by atoms with Gasteiger partial charge in [0.05, 0.1) is 5.69 Å². The Kier molecular flexibility index (Phi) is 4.19. The van der Waals surface area contributed by atoms with Gasteiger partial charge in [-0.1, -0.05) is 0 Å². The lowest BCUT2D eigenvalue weighted by Crippen LogP contribution is -2.32. The molecule has 6 heteroatoms. The van der Waals surface area contributed by atoms with Crippen LogP contribution in [0.5, 0.6) is 0 Å². The molecule has 0 heterocycles. The Morgan fingerprint density at radius 1 is 1.50 bits per heavy atom. The molecule has 0 fully saturated rings. The number of hydrogen-bond acceptors (Lipinski definition) is 3. The molecule has 0 amide bonds. The highest BCUT2D eigenvalue weighted by atomic mass is 19.1. The highest BCUT2D eigenvalue weighted by molar-refractivity contribution is 5.73. The molecular formula is C10H12F2N2O2. The van der Waals surface area contributed by atoms with Gasteiger partial charge in [-0.15, -0.1) is 0 Å². The molecule has 1 rings (SSSR count). The summed E-state index contributed by atoms with van der Waals surface area (Å²) in [5.74, 6) is -2.49. The summed E-state index contributed by atoms with van der Waals surface area (Å²) in [4.78, 5) is 10.4. The molecule has 16 heavy (non-hydrogen) atoms. The Bertz CT molecular complexity index is 385. The highest BCUT2D eigenvalue weighted by Crippen LogP contribution is 2.14. The number of rotatable bonds is 5. The summed E-state index contributed by atoms with van der Waals surface area (Å²) >= 11 is 0. The van der Waals surface area contributed by atoms with Crippen LogP contribution in [0, 0.1) is 11.6 Å². The Labute approximate surface area is 91.1 Å². The molecule has 0 aliphatic carbocycles. The van der Waals surface area contributed by atoms with E-state index in [1.807, 2.05) is 0 Å². The topological polar surface area (TPSA) is 75.3 Å². The maximum absolute atomic E-state index is 13.1. The van der Waals surface area contributed by atoms with Gasteiger partial charge >= 0.3 is 5.97 Å². The van der Waals surface area contributed by atoms with Gasteiger partial charge in [0.2, 0.25) is 0 Å². The van der Waals surface area contributed by atoms with Crippen LogP contribution >= 0.6 is 0 Å². The summed E-state index contributed by atoms with van der Waals surface area (Å²) in [7, 11) is 0. The third-order valence-electron chi connectivity index (χ3n) is 2.02. The highest BCUT2D eigenvalue weighted by Gasteiger charge is 2.10. The van der Waals surface area contributed by atoms with Crippen molar-refractivity contribution in [3.63, 3.8) is 0 Å². The van der Waals surface area contributed by atoms with Gasteiger partial charge < -0.3 is 16.2 Å². The molecule has 1 aromatic rings. The molecule has 1 aromatic carbocycles. The number of anilines is 1. The maximum atomic E-state index is 13.1. The zero-order valence-corrected chi connectivity index (χ0v) is 8.41. The number of carboxylic acids is 1. The van der Waals surface area contributed by atoms with Gasteiger partial charge in [0, 0.05) is 12.6 Å². The Hall–Kier alpha value is -1.69. The molecule has 1 atom stereocenters. The molecule has 0 spiro atoms. The first-order chi connectivity index (χ1) is 7.50. The van der Waals surface area contributed by atoms with Gasteiger partial charge in [-0.05, 0) is 18.6 Å². The van der Waals surface area contributed by atoms with Crippen molar-refractivity contribution in [3.05, 3.63) is 29.8 Å². The lowest BCUT2D eigenvalue weighted by atomic mass is 10.2. The first-order valence-corrected chi connectivity index (χ1v) is 4.68. The summed E-state index contributed by atoms with van der Waals surface area (Å²) < 4.78 is 25.6. The molecule has 0 saturated carbocycles. The SMILES string of the molecule is NC(CCNc1ccc(F)cc1F)C(=O)O. The number of carboxylic acid groups (broad SMARTS) is 1. The van der Waals surface area contributed by atoms with E-state index in [-0.39, 0.29) is 18.7 Å². The second-order valence-corrected chi connectivity index (χ2v) is 3.28. The van der Waals surface area contributed by atoms with Gasteiger partial charge in [-0.2, -0.15) is 0 Å². The van der Waals surface area contributed by atoms with E-state index in [1.54, 1.807) is 0 Å². The fourth-order valence-electron chi connectivity index (χ4n) is 1.12. The molecule has 0 radical (unpaired) electrons. The number of carbonyl (C=O) groups is 1. The van der Waals surface area contributed by atoms with Crippen molar-refractivity contribution < 1.29 is 18.7 Å². The first kappa shape index (κ1) is 12.4. The fourth-order valence-corrected chi connectivity index (χ4v) is 1.12. The third-order valence-corrected chi connectivity index (χ3v) is 2.02. The van der Waals surface area contributed by atoms with Crippen molar-refractivity contribution >= 4 is 11.7 Å². The minimum absolute atomic E-state index is 0.124. The van der Waals surface area contributed by atoms with Crippen LogP contribution in [0.15, 0.2) is 18.2 Å². The normalized spacial score (nSPS) is 12.2. The van der Waals surface area contributed by atoms with E-state index in [9.17, 15) is 13.6 Å². The summed E-state index contributed by atoms with van der Waals surface area (Å²) in [6.45, 7) is 0.204. The predicted octanol–water partition coefficient (Wildman–Crippen LogP) is 1.18. The van der Waals surface area contributed by atoms with Crippen LogP contribution in [0.25, 0.3) is 0 Å².